The number of hydrogen-bond donors (Lipinski definition) is 2. The van der Waals surface area contributed by atoms with E-state index in [9.17, 15) is 9.59 Å². The van der Waals surface area contributed by atoms with Gasteiger partial charge in [-0.3, -0.25) is 4.79 Å². The standard InChI is InChI=1S/C28H34N6O3/c1-18(34(6)27(36)37-28(2,3)4)24(35)15-21-13-20(14-21)7-10-22-17-31-26(33-25(22)30-5)32-23-11-8-19(16-29)9-12-23/h8-9,11-12,17-18,20-21H,13-15H2,1-6H3,(H2,30,31,32,33)/t18-,20?,21?/m0/s1. The fourth-order valence-electron chi connectivity index (χ4n) is 3.84. The molecule has 0 aliphatic heterocycles. The van der Waals surface area contributed by atoms with Crippen LogP contribution in [0.15, 0.2) is 30.5 Å². The van der Waals surface area contributed by atoms with Gasteiger partial charge in [0.05, 0.1) is 29.4 Å². The topological polar surface area (TPSA) is 120 Å². The van der Waals surface area contributed by atoms with Gasteiger partial charge in [0.2, 0.25) is 5.95 Å². The minimum absolute atomic E-state index is 0.0287. The first kappa shape index (κ1) is 27.5. The number of ketones is 1. The van der Waals surface area contributed by atoms with E-state index in [0.29, 0.717) is 29.3 Å². The number of nitrogens with zero attached hydrogens (tertiary/aromatic N) is 4. The van der Waals surface area contributed by atoms with Crippen molar-refractivity contribution in [3.63, 3.8) is 0 Å². The molecule has 194 valence electrons. The maximum atomic E-state index is 12.7. The zero-order chi connectivity index (χ0) is 27.2. The number of nitrogens with one attached hydrogen (secondary N) is 2. The molecule has 0 unspecified atom stereocenters. The monoisotopic (exact) mass is 502 g/mol. The third kappa shape index (κ3) is 7.68. The number of ether oxygens (including phenoxy) is 1. The molecule has 9 heteroatoms. The smallest absolute Gasteiger partial charge is 0.410 e. The van der Waals surface area contributed by atoms with Gasteiger partial charge >= 0.3 is 6.09 Å². The van der Waals surface area contributed by atoms with Gasteiger partial charge in [-0.05, 0) is 70.7 Å². The highest BCUT2D eigenvalue weighted by Crippen LogP contribution is 2.36. The molecule has 0 saturated heterocycles. The molecular weight excluding hydrogens is 468 g/mol. The molecule has 3 rings (SSSR count). The Morgan fingerprint density at radius 1 is 1.24 bits per heavy atom. The van der Waals surface area contributed by atoms with Crippen molar-refractivity contribution in [2.75, 3.05) is 24.7 Å². The lowest BCUT2D eigenvalue weighted by atomic mass is 9.72. The second kappa shape index (κ2) is 11.7. The Bertz CT molecular complexity index is 1230. The molecular formula is C28H34N6O3. The number of aromatic nitrogens is 2. The van der Waals surface area contributed by atoms with Crippen LogP contribution in [0, 0.1) is 35.0 Å². The molecule has 1 amide bonds. The summed E-state index contributed by atoms with van der Waals surface area (Å²) < 4.78 is 5.36. The number of anilines is 3. The number of likely N-dealkylation sites (N-methyl/N-ethyl adjacent to an activating group) is 1. The summed E-state index contributed by atoms with van der Waals surface area (Å²) in [6, 6.07) is 8.59. The normalized spacial score (nSPS) is 17.2. The number of nitriles is 1. The van der Waals surface area contributed by atoms with Gasteiger partial charge in [0.25, 0.3) is 0 Å². The molecule has 0 bridgehead atoms. The Hall–Kier alpha value is -4.11. The SMILES string of the molecule is CNc1nc(Nc2ccc(C#N)cc2)ncc1C#CC1CC(CC(=O)[C@H](C)N(C)C(=O)OC(C)(C)C)C1. The van der Waals surface area contributed by atoms with Gasteiger partial charge in [-0.2, -0.15) is 10.2 Å². The molecule has 2 aromatic rings. The van der Waals surface area contributed by atoms with Crippen LogP contribution in [0.25, 0.3) is 0 Å². The summed E-state index contributed by atoms with van der Waals surface area (Å²) in [5, 5.41) is 15.1. The molecule has 9 nitrogen and oxygen atoms in total. The summed E-state index contributed by atoms with van der Waals surface area (Å²) in [6.45, 7) is 7.14. The first-order valence-corrected chi connectivity index (χ1v) is 12.3. The van der Waals surface area contributed by atoms with Crippen molar-refractivity contribution in [1.29, 1.82) is 5.26 Å². The predicted octanol–water partition coefficient (Wildman–Crippen LogP) is 4.73. The quantitative estimate of drug-likeness (QED) is 0.522. The van der Waals surface area contributed by atoms with Crippen molar-refractivity contribution in [2.45, 2.75) is 58.6 Å². The summed E-state index contributed by atoms with van der Waals surface area (Å²) in [4.78, 5) is 35.1. The highest BCUT2D eigenvalue weighted by Gasteiger charge is 2.33. The van der Waals surface area contributed by atoms with E-state index >= 15 is 0 Å². The second-order valence-electron chi connectivity index (χ2n) is 10.3. The van der Waals surface area contributed by atoms with E-state index in [0.717, 1.165) is 18.5 Å². The summed E-state index contributed by atoms with van der Waals surface area (Å²) >= 11 is 0. The van der Waals surface area contributed by atoms with Crippen molar-refractivity contribution in [3.05, 3.63) is 41.6 Å². The van der Waals surface area contributed by atoms with Crippen LogP contribution in [-0.2, 0) is 9.53 Å². The summed E-state index contributed by atoms with van der Waals surface area (Å²) in [5.74, 6) is 7.98. The summed E-state index contributed by atoms with van der Waals surface area (Å²) in [5.41, 5.74) is 1.45. The minimum atomic E-state index is -0.603. The molecule has 0 radical (unpaired) electrons. The maximum absolute atomic E-state index is 12.7. The Kier molecular flexibility index (Phi) is 8.73. The van der Waals surface area contributed by atoms with E-state index in [2.05, 4.69) is 38.5 Å². The number of Topliss-reactive ketones (excluding diaryl/α,β-unsaturated/α-hetero) is 1. The average Bonchev–Trinajstić information content (AvgIpc) is 2.84. The molecule has 1 fully saturated rings. The van der Waals surface area contributed by atoms with Crippen LogP contribution in [0.5, 0.6) is 0 Å². The third-order valence-electron chi connectivity index (χ3n) is 6.16. The molecule has 1 heterocycles. The van der Waals surface area contributed by atoms with Crippen LogP contribution in [0.4, 0.5) is 22.2 Å². The van der Waals surface area contributed by atoms with Crippen molar-refractivity contribution in [3.8, 4) is 17.9 Å². The maximum Gasteiger partial charge on any atom is 0.410 e. The summed E-state index contributed by atoms with van der Waals surface area (Å²) in [6.07, 6.45) is 3.29. The van der Waals surface area contributed by atoms with Crippen molar-refractivity contribution < 1.29 is 14.3 Å². The van der Waals surface area contributed by atoms with Crippen LogP contribution in [0.1, 0.15) is 58.1 Å². The van der Waals surface area contributed by atoms with Gasteiger partial charge in [0, 0.05) is 32.1 Å². The van der Waals surface area contributed by atoms with Crippen LogP contribution < -0.4 is 10.6 Å². The number of rotatable bonds is 7. The van der Waals surface area contributed by atoms with Crippen LogP contribution >= 0.6 is 0 Å². The van der Waals surface area contributed by atoms with Crippen LogP contribution in [0.3, 0.4) is 0 Å². The first-order valence-electron chi connectivity index (χ1n) is 12.3. The Balaban J connectivity index is 1.52. The summed E-state index contributed by atoms with van der Waals surface area (Å²) in [7, 11) is 3.37. The van der Waals surface area contributed by atoms with Gasteiger partial charge in [0.15, 0.2) is 5.78 Å². The highest BCUT2D eigenvalue weighted by molar-refractivity contribution is 5.87. The first-order chi connectivity index (χ1) is 17.5. The fraction of sp³-hybridized carbons (Fsp3) is 0.464. The fourth-order valence-corrected chi connectivity index (χ4v) is 3.84. The van der Waals surface area contributed by atoms with E-state index in [1.807, 2.05) is 0 Å². The van der Waals surface area contributed by atoms with E-state index in [-0.39, 0.29) is 17.6 Å². The highest BCUT2D eigenvalue weighted by atomic mass is 16.6. The number of hydrogen-bond acceptors (Lipinski definition) is 8. The number of amides is 1. The molecule has 1 saturated carbocycles. The third-order valence-corrected chi connectivity index (χ3v) is 6.16. The van der Waals surface area contributed by atoms with Crippen LogP contribution in [0.2, 0.25) is 0 Å². The van der Waals surface area contributed by atoms with Gasteiger partial charge in [-0.25, -0.2) is 9.78 Å². The lowest BCUT2D eigenvalue weighted by Crippen LogP contribution is -2.44. The van der Waals surface area contributed by atoms with Crippen molar-refractivity contribution in [1.82, 2.24) is 14.9 Å². The van der Waals surface area contributed by atoms with Crippen molar-refractivity contribution in [2.24, 2.45) is 11.8 Å². The van der Waals surface area contributed by atoms with E-state index in [4.69, 9.17) is 10.00 Å². The number of carbonyl (C=O) groups excluding carboxylic acids is 2. The van der Waals surface area contributed by atoms with Gasteiger partial charge < -0.3 is 20.3 Å². The lowest BCUT2D eigenvalue weighted by molar-refractivity contribution is -0.125. The number of benzene rings is 1. The molecule has 1 aromatic heterocycles. The Morgan fingerprint density at radius 3 is 2.51 bits per heavy atom. The molecule has 2 N–H and O–H groups in total. The van der Waals surface area contributed by atoms with E-state index in [1.54, 1.807) is 72.3 Å². The van der Waals surface area contributed by atoms with Gasteiger partial charge in [-0.15, -0.1) is 0 Å². The molecule has 1 aliphatic carbocycles. The van der Waals surface area contributed by atoms with Gasteiger partial charge in [0.1, 0.15) is 11.4 Å². The van der Waals surface area contributed by atoms with Gasteiger partial charge in [-0.1, -0.05) is 11.8 Å². The molecule has 1 atom stereocenters. The van der Waals surface area contributed by atoms with E-state index in [1.165, 1.54) is 4.90 Å². The second-order valence-corrected chi connectivity index (χ2v) is 10.3. The molecule has 37 heavy (non-hydrogen) atoms. The van der Waals surface area contributed by atoms with E-state index < -0.39 is 17.7 Å². The molecule has 1 aromatic carbocycles. The minimum Gasteiger partial charge on any atom is -0.444 e. The number of carbonyl (C=O) groups is 2. The zero-order valence-corrected chi connectivity index (χ0v) is 22.3. The molecule has 0 spiro atoms. The largest absolute Gasteiger partial charge is 0.444 e. The van der Waals surface area contributed by atoms with Crippen molar-refractivity contribution >= 4 is 29.3 Å². The Labute approximate surface area is 218 Å². The Morgan fingerprint density at radius 2 is 1.92 bits per heavy atom. The predicted molar refractivity (Wildman–Crippen MR) is 142 cm³/mol. The average molecular weight is 503 g/mol. The lowest BCUT2D eigenvalue weighted by Gasteiger charge is -2.33. The molecule has 1 aliphatic rings. The zero-order valence-electron chi connectivity index (χ0n) is 22.3. The van der Waals surface area contributed by atoms with Crippen LogP contribution in [-0.4, -0.2) is 52.5 Å².